The summed E-state index contributed by atoms with van der Waals surface area (Å²) in [7, 11) is 0. The number of benzene rings is 1. The van der Waals surface area contributed by atoms with Crippen molar-refractivity contribution in [2.75, 3.05) is 13.1 Å². The topological polar surface area (TPSA) is 156 Å². The standard InChI is InChI=1S/C9H4N2O7.C4H11N/c12-8-5-3-4(10(14)15)1-2-6(5)18-9(13)7(8)11(16)17;1-3-5-4-2/h1-3,12H;5H,3-4H2,1-2H3. The highest BCUT2D eigenvalue weighted by molar-refractivity contribution is 5.87. The molecule has 0 fully saturated rings. The summed E-state index contributed by atoms with van der Waals surface area (Å²) in [4.78, 5) is 30.3. The van der Waals surface area contributed by atoms with Gasteiger partial charge < -0.3 is 14.8 Å². The second-order valence-corrected chi connectivity index (χ2v) is 4.37. The minimum atomic E-state index is -1.38. The van der Waals surface area contributed by atoms with Crippen LogP contribution >= 0.6 is 0 Å². The lowest BCUT2D eigenvalue weighted by atomic mass is 10.2. The Morgan fingerprint density at radius 3 is 2.17 bits per heavy atom. The van der Waals surface area contributed by atoms with Gasteiger partial charge in [0.2, 0.25) is 0 Å². The first-order valence-corrected chi connectivity index (χ1v) is 6.71. The first kappa shape index (κ1) is 18.0. The molecule has 0 aliphatic heterocycles. The summed E-state index contributed by atoms with van der Waals surface area (Å²) in [6.45, 7) is 6.75. The Kier molecular flexibility index (Phi) is 6.15. The molecule has 0 atom stereocenters. The third-order valence-corrected chi connectivity index (χ3v) is 2.79. The summed E-state index contributed by atoms with van der Waals surface area (Å²) in [5, 5.41) is 34.5. The molecule has 0 saturated heterocycles. The fourth-order valence-electron chi connectivity index (χ4n) is 1.71. The Morgan fingerprint density at radius 2 is 1.74 bits per heavy atom. The molecule has 10 nitrogen and oxygen atoms in total. The lowest BCUT2D eigenvalue weighted by Crippen LogP contribution is -2.82. The molecule has 0 aliphatic rings. The van der Waals surface area contributed by atoms with E-state index in [2.05, 4.69) is 23.6 Å². The van der Waals surface area contributed by atoms with E-state index in [-0.39, 0.29) is 11.0 Å². The van der Waals surface area contributed by atoms with Gasteiger partial charge in [0.25, 0.3) is 5.69 Å². The number of quaternary nitrogens is 1. The van der Waals surface area contributed by atoms with Gasteiger partial charge in [-0.2, -0.15) is 0 Å². The highest BCUT2D eigenvalue weighted by Crippen LogP contribution is 2.30. The molecule has 0 saturated carbocycles. The van der Waals surface area contributed by atoms with Crippen molar-refractivity contribution in [2.24, 2.45) is 0 Å². The van der Waals surface area contributed by atoms with Gasteiger partial charge in [-0.25, -0.2) is 4.79 Å². The van der Waals surface area contributed by atoms with Crippen LogP contribution in [0.25, 0.3) is 11.0 Å². The zero-order chi connectivity index (χ0) is 17.6. The Morgan fingerprint density at radius 1 is 1.13 bits per heavy atom. The van der Waals surface area contributed by atoms with Gasteiger partial charge >= 0.3 is 11.3 Å². The number of hydrogen-bond acceptors (Lipinski definition) is 7. The molecule has 1 aromatic carbocycles. The van der Waals surface area contributed by atoms with Crippen LogP contribution in [-0.2, 0) is 0 Å². The summed E-state index contributed by atoms with van der Waals surface area (Å²) in [6.07, 6.45) is 0. The van der Waals surface area contributed by atoms with Crippen LogP contribution in [0, 0.1) is 20.2 Å². The van der Waals surface area contributed by atoms with E-state index in [9.17, 15) is 30.1 Å². The van der Waals surface area contributed by atoms with Crippen LogP contribution in [0.3, 0.4) is 0 Å². The predicted octanol–water partition coefficient (Wildman–Crippen LogP) is 0.273. The molecule has 0 aliphatic carbocycles. The summed E-state index contributed by atoms with van der Waals surface area (Å²) in [6, 6.07) is 2.89. The molecule has 23 heavy (non-hydrogen) atoms. The van der Waals surface area contributed by atoms with E-state index in [0.717, 1.165) is 18.2 Å². The van der Waals surface area contributed by atoms with Crippen LogP contribution in [0.1, 0.15) is 13.8 Å². The molecule has 0 bridgehead atoms. The van der Waals surface area contributed by atoms with Crippen LogP contribution in [0.4, 0.5) is 11.4 Å². The number of nitrogens with two attached hydrogens (primary N) is 1. The number of nitro groups is 2. The molecule has 10 heteroatoms. The summed E-state index contributed by atoms with van der Waals surface area (Å²) < 4.78 is 4.55. The number of nitrogens with zero attached hydrogens (tertiary/aromatic N) is 2. The second kappa shape index (κ2) is 7.84. The van der Waals surface area contributed by atoms with E-state index < -0.39 is 32.6 Å². The molecule has 2 N–H and O–H groups in total. The average molecular weight is 325 g/mol. The average Bonchev–Trinajstić information content (AvgIpc) is 2.47. The number of rotatable bonds is 4. The number of non-ortho nitro benzene ring substituents is 1. The van der Waals surface area contributed by atoms with Crippen LogP contribution in [0.2, 0.25) is 0 Å². The molecule has 1 heterocycles. The van der Waals surface area contributed by atoms with Crippen molar-refractivity contribution in [1.29, 1.82) is 0 Å². The Labute approximate surface area is 129 Å². The van der Waals surface area contributed by atoms with Crippen molar-refractivity contribution in [3.63, 3.8) is 0 Å². The van der Waals surface area contributed by atoms with Crippen molar-refractivity contribution in [2.45, 2.75) is 13.8 Å². The third-order valence-electron chi connectivity index (χ3n) is 2.79. The maximum atomic E-state index is 11.6. The van der Waals surface area contributed by atoms with E-state index in [1.165, 1.54) is 13.1 Å². The lowest BCUT2D eigenvalue weighted by molar-refractivity contribution is -0.648. The van der Waals surface area contributed by atoms with Crippen LogP contribution in [0.5, 0.6) is 5.75 Å². The predicted molar refractivity (Wildman–Crippen MR) is 78.2 cm³/mol. The largest absolute Gasteiger partial charge is 0.867 e. The molecule has 0 amide bonds. The van der Waals surface area contributed by atoms with Gasteiger partial charge in [-0.3, -0.25) is 20.2 Å². The molecule has 0 spiro atoms. The van der Waals surface area contributed by atoms with Gasteiger partial charge in [-0.15, -0.1) is 0 Å². The Bertz CT molecular complexity index is 783. The van der Waals surface area contributed by atoms with Crippen molar-refractivity contribution in [3.05, 3.63) is 48.8 Å². The van der Waals surface area contributed by atoms with Crippen molar-refractivity contribution in [1.82, 2.24) is 0 Å². The second-order valence-electron chi connectivity index (χ2n) is 4.37. The van der Waals surface area contributed by atoms with Crippen molar-refractivity contribution in [3.8, 4) is 5.75 Å². The van der Waals surface area contributed by atoms with Gasteiger partial charge in [0.1, 0.15) is 5.58 Å². The summed E-state index contributed by atoms with van der Waals surface area (Å²) >= 11 is 0. The maximum Gasteiger partial charge on any atom is 0.414 e. The molecular weight excluding hydrogens is 310 g/mol. The Balaban J connectivity index is 0.000000463. The van der Waals surface area contributed by atoms with Gasteiger partial charge in [0.15, 0.2) is 0 Å². The van der Waals surface area contributed by atoms with Crippen molar-refractivity contribution >= 4 is 22.3 Å². The van der Waals surface area contributed by atoms with Crippen LogP contribution < -0.4 is 16.0 Å². The minimum Gasteiger partial charge on any atom is -0.867 e. The zero-order valence-electron chi connectivity index (χ0n) is 12.5. The minimum absolute atomic E-state index is 0.235. The van der Waals surface area contributed by atoms with E-state index in [4.69, 9.17) is 0 Å². The molecule has 2 rings (SSSR count). The molecular formula is C13H15N3O7. The van der Waals surface area contributed by atoms with E-state index in [0.29, 0.717) is 0 Å². The van der Waals surface area contributed by atoms with Gasteiger partial charge in [-0.05, 0) is 25.7 Å². The van der Waals surface area contributed by atoms with E-state index >= 15 is 0 Å². The summed E-state index contributed by atoms with van der Waals surface area (Å²) in [5.74, 6) is -1.20. The first-order chi connectivity index (χ1) is 10.8. The third kappa shape index (κ3) is 4.23. The number of nitro benzene ring substituents is 1. The highest BCUT2D eigenvalue weighted by atomic mass is 16.6. The van der Waals surface area contributed by atoms with Crippen molar-refractivity contribution < 1.29 is 24.7 Å². The number of hydrogen-bond donors (Lipinski definition) is 1. The van der Waals surface area contributed by atoms with Crippen LogP contribution in [0.15, 0.2) is 27.4 Å². The molecule has 0 radical (unpaired) electrons. The normalized spacial score (nSPS) is 10.0. The van der Waals surface area contributed by atoms with E-state index in [1.807, 2.05) is 0 Å². The number of fused-ring (bicyclic) bond motifs is 1. The van der Waals surface area contributed by atoms with Gasteiger partial charge in [0.05, 0.1) is 22.9 Å². The quantitative estimate of drug-likeness (QED) is 0.480. The fraction of sp³-hybridized carbons (Fsp3) is 0.308. The SMILES string of the molecule is CC[NH2+]CC.O=c1oc2ccc([N+](=O)[O-])cc2c([O-])c1[N+](=O)[O-]. The zero-order valence-corrected chi connectivity index (χ0v) is 12.5. The molecule has 2 aromatic rings. The molecule has 0 unspecified atom stereocenters. The molecule has 124 valence electrons. The van der Waals surface area contributed by atoms with E-state index in [1.54, 1.807) is 0 Å². The summed E-state index contributed by atoms with van der Waals surface area (Å²) in [5.41, 5.74) is -3.31. The fourth-order valence-corrected chi connectivity index (χ4v) is 1.71. The Hall–Kier alpha value is -3.01. The van der Waals surface area contributed by atoms with Gasteiger partial charge in [0, 0.05) is 17.5 Å². The monoisotopic (exact) mass is 325 g/mol. The molecule has 1 aromatic heterocycles. The maximum absolute atomic E-state index is 11.6. The highest BCUT2D eigenvalue weighted by Gasteiger charge is 2.19. The lowest BCUT2D eigenvalue weighted by Gasteiger charge is -2.08. The smallest absolute Gasteiger partial charge is 0.414 e. The first-order valence-electron chi connectivity index (χ1n) is 6.71. The van der Waals surface area contributed by atoms with Crippen LogP contribution in [-0.4, -0.2) is 22.9 Å². The van der Waals surface area contributed by atoms with Gasteiger partial charge in [-0.1, -0.05) is 0 Å².